The monoisotopic (exact) mass is 300 g/mol. The molecule has 0 aliphatic heterocycles. The standard InChI is InChI=1S/C18H18F2N2/c1-11(2)6-16(12-4-3-5-14(19)7-12)17-9-13-8-15(20)10-21-18(13)22-17/h3-5,7-11,16H,6H2,1-2H3,(H,21,22). The predicted molar refractivity (Wildman–Crippen MR) is 83.7 cm³/mol. The summed E-state index contributed by atoms with van der Waals surface area (Å²) >= 11 is 0. The van der Waals surface area contributed by atoms with Crippen LogP contribution < -0.4 is 0 Å². The van der Waals surface area contributed by atoms with Crippen LogP contribution in [0.2, 0.25) is 0 Å². The second kappa shape index (κ2) is 5.87. The minimum Gasteiger partial charge on any atom is -0.343 e. The van der Waals surface area contributed by atoms with Crippen molar-refractivity contribution in [2.45, 2.75) is 26.2 Å². The second-order valence-corrected chi connectivity index (χ2v) is 6.05. The minimum absolute atomic E-state index is 0.0351. The van der Waals surface area contributed by atoms with Gasteiger partial charge in [0.05, 0.1) is 6.20 Å². The molecule has 0 saturated carbocycles. The van der Waals surface area contributed by atoms with Crippen LogP contribution in [0.1, 0.15) is 37.4 Å². The van der Waals surface area contributed by atoms with Crippen molar-refractivity contribution < 1.29 is 8.78 Å². The molecule has 2 nitrogen and oxygen atoms in total. The molecule has 2 aromatic heterocycles. The molecule has 0 saturated heterocycles. The number of H-pyrrole nitrogens is 1. The molecule has 1 aromatic carbocycles. The Morgan fingerprint density at radius 2 is 1.91 bits per heavy atom. The molecule has 114 valence electrons. The van der Waals surface area contributed by atoms with Crippen LogP contribution in [-0.2, 0) is 0 Å². The first-order valence-electron chi connectivity index (χ1n) is 7.42. The van der Waals surface area contributed by atoms with E-state index in [9.17, 15) is 8.78 Å². The highest BCUT2D eigenvalue weighted by Crippen LogP contribution is 2.32. The number of benzene rings is 1. The summed E-state index contributed by atoms with van der Waals surface area (Å²) in [4.78, 5) is 7.32. The van der Waals surface area contributed by atoms with Gasteiger partial charge in [-0.25, -0.2) is 13.8 Å². The molecule has 3 aromatic rings. The smallest absolute Gasteiger partial charge is 0.142 e. The van der Waals surface area contributed by atoms with Gasteiger partial charge in [0.1, 0.15) is 17.3 Å². The van der Waals surface area contributed by atoms with Gasteiger partial charge in [-0.1, -0.05) is 26.0 Å². The third kappa shape index (κ3) is 3.01. The number of nitrogens with zero attached hydrogens (tertiary/aromatic N) is 1. The van der Waals surface area contributed by atoms with Crippen LogP contribution in [0.15, 0.2) is 42.6 Å². The van der Waals surface area contributed by atoms with E-state index in [0.29, 0.717) is 11.6 Å². The highest BCUT2D eigenvalue weighted by atomic mass is 19.1. The van der Waals surface area contributed by atoms with Crippen molar-refractivity contribution in [3.8, 4) is 0 Å². The quantitative estimate of drug-likeness (QED) is 0.720. The molecular weight excluding hydrogens is 282 g/mol. The van der Waals surface area contributed by atoms with Crippen LogP contribution in [0.4, 0.5) is 8.78 Å². The highest BCUT2D eigenvalue weighted by Gasteiger charge is 2.19. The Balaban J connectivity index is 2.07. The maximum absolute atomic E-state index is 13.6. The lowest BCUT2D eigenvalue weighted by Gasteiger charge is -2.18. The zero-order valence-electron chi connectivity index (χ0n) is 12.6. The Bertz CT molecular complexity index is 793. The van der Waals surface area contributed by atoms with E-state index in [2.05, 4.69) is 23.8 Å². The van der Waals surface area contributed by atoms with Crippen molar-refractivity contribution in [1.29, 1.82) is 0 Å². The molecule has 0 aliphatic carbocycles. The fourth-order valence-corrected chi connectivity index (χ4v) is 2.83. The molecule has 22 heavy (non-hydrogen) atoms. The number of rotatable bonds is 4. The molecule has 1 atom stereocenters. The first-order valence-corrected chi connectivity index (χ1v) is 7.42. The molecule has 4 heteroatoms. The van der Waals surface area contributed by atoms with E-state index in [1.807, 2.05) is 12.1 Å². The summed E-state index contributed by atoms with van der Waals surface area (Å²) < 4.78 is 26.9. The summed E-state index contributed by atoms with van der Waals surface area (Å²) in [6, 6.07) is 10.0. The molecular formula is C18H18F2N2. The summed E-state index contributed by atoms with van der Waals surface area (Å²) in [6.45, 7) is 4.26. The number of hydrogen-bond acceptors (Lipinski definition) is 1. The molecule has 1 N–H and O–H groups in total. The second-order valence-electron chi connectivity index (χ2n) is 6.05. The number of fused-ring (bicyclic) bond motifs is 1. The first kappa shape index (κ1) is 14.7. The Hall–Kier alpha value is -2.23. The third-order valence-electron chi connectivity index (χ3n) is 3.79. The van der Waals surface area contributed by atoms with Gasteiger partial charge in [-0.3, -0.25) is 0 Å². The molecule has 2 heterocycles. The van der Waals surface area contributed by atoms with Gasteiger partial charge in [0.2, 0.25) is 0 Å². The summed E-state index contributed by atoms with van der Waals surface area (Å²) in [7, 11) is 0. The Morgan fingerprint density at radius 1 is 1.09 bits per heavy atom. The van der Waals surface area contributed by atoms with E-state index in [1.54, 1.807) is 12.1 Å². The number of aromatic nitrogens is 2. The fraction of sp³-hybridized carbons (Fsp3) is 0.278. The summed E-state index contributed by atoms with van der Waals surface area (Å²) in [5, 5.41) is 0.736. The van der Waals surface area contributed by atoms with Crippen molar-refractivity contribution in [2.24, 2.45) is 5.92 Å². The van der Waals surface area contributed by atoms with Crippen molar-refractivity contribution >= 4 is 11.0 Å². The van der Waals surface area contributed by atoms with E-state index >= 15 is 0 Å². The Kier molecular flexibility index (Phi) is 3.92. The van der Waals surface area contributed by atoms with Crippen LogP contribution in [0.25, 0.3) is 11.0 Å². The van der Waals surface area contributed by atoms with Gasteiger partial charge in [0, 0.05) is 17.0 Å². The SMILES string of the molecule is CC(C)CC(c1cccc(F)c1)c1cc2cc(F)cnc2[nH]1. The van der Waals surface area contributed by atoms with E-state index < -0.39 is 0 Å². The van der Waals surface area contributed by atoms with E-state index in [0.717, 1.165) is 23.1 Å². The number of nitrogens with one attached hydrogen (secondary N) is 1. The minimum atomic E-state index is -0.357. The highest BCUT2D eigenvalue weighted by molar-refractivity contribution is 5.76. The molecule has 0 aliphatic rings. The van der Waals surface area contributed by atoms with Crippen LogP contribution >= 0.6 is 0 Å². The predicted octanol–water partition coefficient (Wildman–Crippen LogP) is 5.02. The van der Waals surface area contributed by atoms with Gasteiger partial charge < -0.3 is 4.98 Å². The average molecular weight is 300 g/mol. The largest absolute Gasteiger partial charge is 0.343 e. The molecule has 3 rings (SSSR count). The van der Waals surface area contributed by atoms with Crippen molar-refractivity contribution in [3.05, 3.63) is 65.5 Å². The van der Waals surface area contributed by atoms with E-state index in [1.165, 1.54) is 18.3 Å². The molecule has 0 bridgehead atoms. The zero-order valence-corrected chi connectivity index (χ0v) is 12.6. The van der Waals surface area contributed by atoms with Gasteiger partial charge in [-0.2, -0.15) is 0 Å². The number of pyridine rings is 1. The van der Waals surface area contributed by atoms with Gasteiger partial charge >= 0.3 is 0 Å². The van der Waals surface area contributed by atoms with Gasteiger partial charge in [0.15, 0.2) is 0 Å². The fourth-order valence-electron chi connectivity index (χ4n) is 2.83. The molecule has 0 fully saturated rings. The van der Waals surface area contributed by atoms with Crippen LogP contribution in [0.5, 0.6) is 0 Å². The normalized spacial score (nSPS) is 13.0. The summed E-state index contributed by atoms with van der Waals surface area (Å²) in [5.74, 6) is -0.118. The van der Waals surface area contributed by atoms with Crippen molar-refractivity contribution in [1.82, 2.24) is 9.97 Å². The first-order chi connectivity index (χ1) is 10.5. The van der Waals surface area contributed by atoms with Crippen LogP contribution in [0, 0.1) is 17.6 Å². The lowest BCUT2D eigenvalue weighted by molar-refractivity contribution is 0.533. The summed E-state index contributed by atoms with van der Waals surface area (Å²) in [5.41, 5.74) is 2.51. The molecule has 1 unspecified atom stereocenters. The lowest BCUT2D eigenvalue weighted by Crippen LogP contribution is -2.06. The molecule has 0 amide bonds. The maximum Gasteiger partial charge on any atom is 0.142 e. The number of aromatic amines is 1. The average Bonchev–Trinajstić information content (AvgIpc) is 2.87. The van der Waals surface area contributed by atoms with Crippen LogP contribution in [-0.4, -0.2) is 9.97 Å². The topological polar surface area (TPSA) is 28.7 Å². The van der Waals surface area contributed by atoms with Gasteiger partial charge in [-0.05, 0) is 42.2 Å². The maximum atomic E-state index is 13.6. The van der Waals surface area contributed by atoms with Crippen molar-refractivity contribution in [2.75, 3.05) is 0 Å². The zero-order chi connectivity index (χ0) is 15.7. The lowest BCUT2D eigenvalue weighted by atomic mass is 9.88. The number of halogens is 2. The van der Waals surface area contributed by atoms with Gasteiger partial charge in [0.25, 0.3) is 0 Å². The molecule has 0 radical (unpaired) electrons. The Labute approximate surface area is 128 Å². The number of hydrogen-bond donors (Lipinski definition) is 1. The van der Waals surface area contributed by atoms with E-state index in [-0.39, 0.29) is 17.6 Å². The molecule has 0 spiro atoms. The summed E-state index contributed by atoms with van der Waals surface area (Å²) in [6.07, 6.45) is 2.07. The van der Waals surface area contributed by atoms with Gasteiger partial charge in [-0.15, -0.1) is 0 Å². The van der Waals surface area contributed by atoms with Crippen LogP contribution in [0.3, 0.4) is 0 Å². The Morgan fingerprint density at radius 3 is 2.64 bits per heavy atom. The third-order valence-corrected chi connectivity index (χ3v) is 3.79. The van der Waals surface area contributed by atoms with Crippen molar-refractivity contribution in [3.63, 3.8) is 0 Å². The van der Waals surface area contributed by atoms with E-state index in [4.69, 9.17) is 0 Å².